The van der Waals surface area contributed by atoms with Gasteiger partial charge in [0.05, 0.1) is 4.90 Å². The van der Waals surface area contributed by atoms with E-state index >= 15 is 0 Å². The molecule has 0 unspecified atom stereocenters. The summed E-state index contributed by atoms with van der Waals surface area (Å²) >= 11 is 0. The molecule has 2 nitrogen and oxygen atoms in total. The molecule has 0 heterocycles. The van der Waals surface area contributed by atoms with Gasteiger partial charge >= 0.3 is 0 Å². The Morgan fingerprint density at radius 2 is 1.80 bits per heavy atom. The van der Waals surface area contributed by atoms with E-state index in [0.29, 0.717) is 11.1 Å². The van der Waals surface area contributed by atoms with E-state index in [2.05, 4.69) is 0 Å². The van der Waals surface area contributed by atoms with Crippen molar-refractivity contribution in [3.05, 3.63) is 29.3 Å². The zero-order chi connectivity index (χ0) is 11.3. The van der Waals surface area contributed by atoms with Crippen LogP contribution < -0.4 is 0 Å². The Morgan fingerprint density at radius 3 is 2.40 bits per heavy atom. The maximum absolute atomic E-state index is 13.0. The lowest BCUT2D eigenvalue weighted by molar-refractivity contribution is 0.0130. The van der Waals surface area contributed by atoms with Gasteiger partial charge in [0.25, 0.3) is 15.0 Å². The van der Waals surface area contributed by atoms with Crippen molar-refractivity contribution in [2.75, 3.05) is 0 Å². The molecular weight excluding hydrogens is 246 g/mol. The highest BCUT2D eigenvalue weighted by atomic mass is 35.7. The topological polar surface area (TPSA) is 34.1 Å². The lowest BCUT2D eigenvalue weighted by Crippen LogP contribution is -2.14. The van der Waals surface area contributed by atoms with E-state index in [1.807, 2.05) is 0 Å². The van der Waals surface area contributed by atoms with E-state index < -0.39 is 21.4 Å². The van der Waals surface area contributed by atoms with Crippen molar-refractivity contribution in [1.29, 1.82) is 0 Å². The summed E-state index contributed by atoms with van der Waals surface area (Å²) in [5, 5.41) is 0. The second-order valence-electron chi connectivity index (χ2n) is 3.58. The minimum absolute atomic E-state index is 0.124. The molecule has 6 heteroatoms. The molecule has 1 aromatic carbocycles. The highest BCUT2D eigenvalue weighted by molar-refractivity contribution is 8.13. The number of hydrogen-bond acceptors (Lipinski definition) is 2. The number of alkyl halides is 2. The van der Waals surface area contributed by atoms with Gasteiger partial charge < -0.3 is 0 Å². The number of fused-ring (bicyclic) bond motifs is 1. The summed E-state index contributed by atoms with van der Waals surface area (Å²) in [5.41, 5.74) is 0.853. The molecule has 0 amide bonds. The molecule has 0 saturated carbocycles. The fourth-order valence-corrected chi connectivity index (χ4v) is 2.51. The van der Waals surface area contributed by atoms with Gasteiger partial charge in [-0.25, -0.2) is 17.2 Å². The number of rotatable bonds is 1. The first-order valence-corrected chi connectivity index (χ1v) is 6.53. The predicted octanol–water partition coefficient (Wildman–Crippen LogP) is 2.35. The van der Waals surface area contributed by atoms with Gasteiger partial charge in [-0.1, -0.05) is 6.07 Å². The average molecular weight is 253 g/mol. The molecule has 1 aliphatic carbocycles. The summed E-state index contributed by atoms with van der Waals surface area (Å²) in [4.78, 5) is -0.124. The van der Waals surface area contributed by atoms with Gasteiger partial charge in [0.2, 0.25) is 0 Å². The van der Waals surface area contributed by atoms with Gasteiger partial charge in [0.15, 0.2) is 0 Å². The normalized spacial score (nSPS) is 18.9. The summed E-state index contributed by atoms with van der Waals surface area (Å²) in [6.45, 7) is 0. The fraction of sp³-hybridized carbons (Fsp3) is 0.333. The maximum Gasteiger partial charge on any atom is 0.261 e. The van der Waals surface area contributed by atoms with Crippen LogP contribution in [0, 0.1) is 0 Å². The summed E-state index contributed by atoms with van der Waals surface area (Å²) in [6, 6.07) is 3.87. The fourth-order valence-electron chi connectivity index (χ4n) is 1.71. The Labute approximate surface area is 90.3 Å². The molecule has 0 bridgehead atoms. The van der Waals surface area contributed by atoms with E-state index in [1.165, 1.54) is 18.2 Å². The predicted molar refractivity (Wildman–Crippen MR) is 51.8 cm³/mol. The lowest BCUT2D eigenvalue weighted by atomic mass is 10.1. The van der Waals surface area contributed by atoms with Crippen LogP contribution in [0.25, 0.3) is 0 Å². The quantitative estimate of drug-likeness (QED) is 0.719. The number of halogens is 3. The van der Waals surface area contributed by atoms with Crippen LogP contribution in [0.4, 0.5) is 8.78 Å². The Kier molecular flexibility index (Phi) is 2.28. The molecule has 0 radical (unpaired) electrons. The molecule has 0 fully saturated rings. The van der Waals surface area contributed by atoms with Gasteiger partial charge in [0, 0.05) is 23.5 Å². The largest absolute Gasteiger partial charge is 0.261 e. The Morgan fingerprint density at radius 1 is 1.20 bits per heavy atom. The molecule has 0 aromatic heterocycles. The average Bonchev–Trinajstić information content (AvgIpc) is 2.34. The van der Waals surface area contributed by atoms with Crippen LogP contribution in [0.3, 0.4) is 0 Å². The van der Waals surface area contributed by atoms with Crippen molar-refractivity contribution >= 4 is 19.7 Å². The number of hydrogen-bond donors (Lipinski definition) is 0. The molecule has 0 spiro atoms. The Hall–Kier alpha value is -0.680. The zero-order valence-electron chi connectivity index (χ0n) is 7.50. The first-order chi connectivity index (χ1) is 6.78. The van der Waals surface area contributed by atoms with Crippen LogP contribution in [0.1, 0.15) is 11.1 Å². The van der Waals surface area contributed by atoms with Crippen LogP contribution in [0.2, 0.25) is 0 Å². The highest BCUT2D eigenvalue weighted by Crippen LogP contribution is 2.35. The zero-order valence-corrected chi connectivity index (χ0v) is 9.08. The van der Waals surface area contributed by atoms with Crippen molar-refractivity contribution in [3.63, 3.8) is 0 Å². The third-order valence-corrected chi connectivity index (χ3v) is 3.71. The molecular formula is C9H7ClF2O2S. The van der Waals surface area contributed by atoms with E-state index in [-0.39, 0.29) is 11.3 Å². The molecule has 0 aliphatic heterocycles. The SMILES string of the molecule is O=S(=O)(Cl)c1ccc2c(c1)CC(F)(F)C2. The third-order valence-electron chi connectivity index (χ3n) is 2.36. The molecule has 82 valence electrons. The smallest absolute Gasteiger partial charge is 0.207 e. The van der Waals surface area contributed by atoms with Crippen LogP contribution in [0.15, 0.2) is 23.1 Å². The monoisotopic (exact) mass is 252 g/mol. The second kappa shape index (κ2) is 3.15. The summed E-state index contributed by atoms with van der Waals surface area (Å²) in [6.07, 6.45) is -0.743. The van der Waals surface area contributed by atoms with E-state index in [4.69, 9.17) is 10.7 Å². The van der Waals surface area contributed by atoms with Crippen molar-refractivity contribution in [1.82, 2.24) is 0 Å². The standard InChI is InChI=1S/C9H7ClF2O2S/c10-15(13,14)8-2-1-6-4-9(11,12)5-7(6)3-8/h1-3H,4-5H2. The Balaban J connectivity index is 2.48. The molecule has 1 aliphatic rings. The summed E-state index contributed by atoms with van der Waals surface area (Å²) in [5.74, 6) is -2.77. The van der Waals surface area contributed by atoms with Crippen LogP contribution >= 0.6 is 10.7 Å². The van der Waals surface area contributed by atoms with Crippen LogP contribution in [-0.4, -0.2) is 14.3 Å². The molecule has 0 saturated heterocycles. The van der Waals surface area contributed by atoms with Crippen molar-refractivity contribution in [2.45, 2.75) is 23.7 Å². The molecule has 15 heavy (non-hydrogen) atoms. The van der Waals surface area contributed by atoms with Gasteiger partial charge in [-0.2, -0.15) is 0 Å². The lowest BCUT2D eigenvalue weighted by Gasteiger charge is -2.04. The van der Waals surface area contributed by atoms with Crippen LogP contribution in [-0.2, 0) is 21.9 Å². The molecule has 0 N–H and O–H groups in total. The van der Waals surface area contributed by atoms with Crippen molar-refractivity contribution in [2.24, 2.45) is 0 Å². The van der Waals surface area contributed by atoms with E-state index in [0.717, 1.165) is 0 Å². The van der Waals surface area contributed by atoms with Gasteiger partial charge in [-0.3, -0.25) is 0 Å². The van der Waals surface area contributed by atoms with Gasteiger partial charge in [-0.15, -0.1) is 0 Å². The first kappa shape index (κ1) is 10.8. The third kappa shape index (κ3) is 2.13. The number of benzene rings is 1. The second-order valence-corrected chi connectivity index (χ2v) is 6.14. The van der Waals surface area contributed by atoms with Crippen molar-refractivity contribution in [3.8, 4) is 0 Å². The van der Waals surface area contributed by atoms with Crippen molar-refractivity contribution < 1.29 is 17.2 Å². The summed E-state index contributed by atoms with van der Waals surface area (Å²) in [7, 11) is 1.28. The van der Waals surface area contributed by atoms with Crippen LogP contribution in [0.5, 0.6) is 0 Å². The maximum atomic E-state index is 13.0. The highest BCUT2D eigenvalue weighted by Gasteiger charge is 2.37. The molecule has 1 aromatic rings. The molecule has 2 rings (SSSR count). The van der Waals surface area contributed by atoms with Gasteiger partial charge in [-0.05, 0) is 23.3 Å². The summed E-state index contributed by atoms with van der Waals surface area (Å²) < 4.78 is 47.9. The first-order valence-electron chi connectivity index (χ1n) is 4.22. The van der Waals surface area contributed by atoms with E-state index in [1.54, 1.807) is 0 Å². The molecule has 0 atom stereocenters. The van der Waals surface area contributed by atoms with Gasteiger partial charge in [0.1, 0.15) is 0 Å². The minimum Gasteiger partial charge on any atom is -0.207 e. The van der Waals surface area contributed by atoms with E-state index in [9.17, 15) is 17.2 Å². The minimum atomic E-state index is -3.83. The Bertz CT molecular complexity index is 511.